The van der Waals surface area contributed by atoms with Crippen LogP contribution in [-0.2, 0) is 19.6 Å². The van der Waals surface area contributed by atoms with Gasteiger partial charge in [-0.1, -0.05) is 58.0 Å². The Labute approximate surface area is 163 Å². The van der Waals surface area contributed by atoms with Gasteiger partial charge in [-0.2, -0.15) is 4.98 Å². The van der Waals surface area contributed by atoms with Crippen molar-refractivity contribution < 1.29 is 0 Å². The van der Waals surface area contributed by atoms with Crippen molar-refractivity contribution >= 4 is 22.8 Å². The molecule has 3 rings (SSSR count). The van der Waals surface area contributed by atoms with Gasteiger partial charge in [-0.05, 0) is 29.0 Å². The molecule has 3 aromatic rings. The summed E-state index contributed by atoms with van der Waals surface area (Å²) < 4.78 is 4.59. The molecule has 0 aliphatic heterocycles. The Hall–Kier alpha value is -2.34. The number of aromatic nitrogens is 4. The van der Waals surface area contributed by atoms with E-state index in [0.29, 0.717) is 30.8 Å². The second-order valence-corrected chi connectivity index (χ2v) is 8.06. The van der Waals surface area contributed by atoms with Crippen LogP contribution in [0.15, 0.2) is 39.9 Å². The molecule has 27 heavy (non-hydrogen) atoms. The molecule has 0 bridgehead atoms. The molecule has 0 N–H and O–H groups in total. The normalized spacial score (nSPS) is 11.8. The Bertz CT molecular complexity index is 1060. The molecule has 0 aliphatic rings. The van der Waals surface area contributed by atoms with Crippen LogP contribution in [0.3, 0.4) is 0 Å². The van der Waals surface area contributed by atoms with E-state index < -0.39 is 0 Å². The lowest BCUT2D eigenvalue weighted by atomic mass is 10.2. The molecule has 6 nitrogen and oxygen atoms in total. The first-order valence-corrected chi connectivity index (χ1v) is 9.60. The topological polar surface area (TPSA) is 61.8 Å². The van der Waals surface area contributed by atoms with Gasteiger partial charge >= 0.3 is 5.69 Å². The summed E-state index contributed by atoms with van der Waals surface area (Å²) in [6.07, 6.45) is 0. The maximum Gasteiger partial charge on any atom is 0.332 e. The van der Waals surface area contributed by atoms with Crippen LogP contribution in [0.4, 0.5) is 0 Å². The van der Waals surface area contributed by atoms with Crippen molar-refractivity contribution in [2.45, 2.75) is 47.3 Å². The van der Waals surface area contributed by atoms with Gasteiger partial charge in [-0.3, -0.25) is 13.9 Å². The molecule has 7 heteroatoms. The number of imidazole rings is 1. The van der Waals surface area contributed by atoms with Gasteiger partial charge in [-0.25, -0.2) is 4.79 Å². The van der Waals surface area contributed by atoms with Crippen molar-refractivity contribution in [3.63, 3.8) is 0 Å². The summed E-state index contributed by atoms with van der Waals surface area (Å²) in [4.78, 5) is 30.5. The van der Waals surface area contributed by atoms with Gasteiger partial charge in [0, 0.05) is 13.1 Å². The van der Waals surface area contributed by atoms with Gasteiger partial charge in [0.15, 0.2) is 11.2 Å². The van der Waals surface area contributed by atoms with Crippen molar-refractivity contribution in [1.82, 2.24) is 18.7 Å². The molecule has 0 aliphatic carbocycles. The van der Waals surface area contributed by atoms with E-state index in [1.165, 1.54) is 4.57 Å². The van der Waals surface area contributed by atoms with E-state index in [4.69, 9.17) is 11.6 Å². The second-order valence-electron chi connectivity index (χ2n) is 7.72. The van der Waals surface area contributed by atoms with E-state index >= 15 is 0 Å². The second kappa shape index (κ2) is 7.72. The monoisotopic (exact) mass is 388 g/mol. The van der Waals surface area contributed by atoms with Crippen LogP contribution in [0.25, 0.3) is 11.2 Å². The highest BCUT2D eigenvalue weighted by Crippen LogP contribution is 2.19. The molecule has 0 fully saturated rings. The van der Waals surface area contributed by atoms with Gasteiger partial charge in [0.2, 0.25) is 5.28 Å². The zero-order chi connectivity index (χ0) is 19.7. The number of benzene rings is 1. The fourth-order valence-electron chi connectivity index (χ4n) is 3.23. The van der Waals surface area contributed by atoms with Crippen molar-refractivity contribution in [2.24, 2.45) is 11.8 Å². The summed E-state index contributed by atoms with van der Waals surface area (Å²) in [7, 11) is 0. The molecule has 0 radical (unpaired) electrons. The summed E-state index contributed by atoms with van der Waals surface area (Å²) in [5.74, 6) is 0.398. The van der Waals surface area contributed by atoms with Gasteiger partial charge < -0.3 is 4.57 Å². The number of nitrogens with zero attached hydrogens (tertiary/aromatic N) is 4. The largest absolute Gasteiger partial charge is 0.332 e. The van der Waals surface area contributed by atoms with Crippen LogP contribution < -0.4 is 11.2 Å². The van der Waals surface area contributed by atoms with Crippen molar-refractivity contribution in [1.29, 1.82) is 0 Å². The first kappa shape index (κ1) is 19.4. The third-order valence-corrected chi connectivity index (χ3v) is 4.64. The Balaban J connectivity index is 2.30. The minimum absolute atomic E-state index is 0.168. The van der Waals surface area contributed by atoms with Crippen LogP contribution in [0, 0.1) is 11.8 Å². The van der Waals surface area contributed by atoms with Crippen LogP contribution >= 0.6 is 11.6 Å². The van der Waals surface area contributed by atoms with E-state index in [1.807, 2.05) is 58.0 Å². The molecule has 0 atom stereocenters. The summed E-state index contributed by atoms with van der Waals surface area (Å²) in [6.45, 7) is 9.28. The summed E-state index contributed by atoms with van der Waals surface area (Å²) in [5, 5.41) is 0.213. The molecule has 2 aromatic heterocycles. The number of rotatable bonds is 6. The van der Waals surface area contributed by atoms with E-state index in [-0.39, 0.29) is 28.4 Å². The summed E-state index contributed by atoms with van der Waals surface area (Å²) in [6, 6.07) is 9.76. The highest BCUT2D eigenvalue weighted by atomic mass is 35.5. The van der Waals surface area contributed by atoms with E-state index in [0.717, 1.165) is 5.56 Å². The Morgan fingerprint density at radius 1 is 0.926 bits per heavy atom. The summed E-state index contributed by atoms with van der Waals surface area (Å²) in [5.41, 5.74) is 1.09. The van der Waals surface area contributed by atoms with Gasteiger partial charge in [0.05, 0.1) is 6.54 Å². The van der Waals surface area contributed by atoms with Crippen LogP contribution in [0.5, 0.6) is 0 Å². The molecular weight excluding hydrogens is 364 g/mol. The first-order chi connectivity index (χ1) is 12.8. The smallest absolute Gasteiger partial charge is 0.304 e. The van der Waals surface area contributed by atoms with Gasteiger partial charge in [0.1, 0.15) is 0 Å². The maximum absolute atomic E-state index is 13.2. The number of hydrogen-bond donors (Lipinski definition) is 0. The van der Waals surface area contributed by atoms with Crippen molar-refractivity contribution in [3.05, 3.63) is 62.0 Å². The third kappa shape index (κ3) is 3.86. The lowest BCUT2D eigenvalue weighted by Crippen LogP contribution is -2.42. The number of fused-ring (bicyclic) bond motifs is 1. The molecule has 0 saturated carbocycles. The molecule has 0 saturated heterocycles. The standard InChI is InChI=1S/C20H25ClN4O2/c1-13(2)10-24-17-16(18(26)25(20(24)27)11-14(3)4)23(19(21)22-17)12-15-8-6-5-7-9-15/h5-9,13-14H,10-12H2,1-4H3. The summed E-state index contributed by atoms with van der Waals surface area (Å²) >= 11 is 6.40. The van der Waals surface area contributed by atoms with Gasteiger partial charge in [0.25, 0.3) is 5.56 Å². The van der Waals surface area contributed by atoms with Gasteiger partial charge in [-0.15, -0.1) is 0 Å². The third-order valence-electron chi connectivity index (χ3n) is 4.35. The number of halogens is 1. The average molecular weight is 389 g/mol. The quantitative estimate of drug-likeness (QED) is 0.608. The van der Waals surface area contributed by atoms with Crippen molar-refractivity contribution in [2.75, 3.05) is 0 Å². The molecule has 0 amide bonds. The van der Waals surface area contributed by atoms with Crippen LogP contribution in [0.2, 0.25) is 5.28 Å². The highest BCUT2D eigenvalue weighted by molar-refractivity contribution is 6.29. The van der Waals surface area contributed by atoms with E-state index in [1.54, 1.807) is 9.13 Å². The molecular formula is C20H25ClN4O2. The highest BCUT2D eigenvalue weighted by Gasteiger charge is 2.21. The Morgan fingerprint density at radius 3 is 2.11 bits per heavy atom. The Morgan fingerprint density at radius 2 is 1.52 bits per heavy atom. The minimum Gasteiger partial charge on any atom is -0.304 e. The molecule has 1 aromatic carbocycles. The fourth-order valence-corrected chi connectivity index (χ4v) is 3.45. The molecule has 2 heterocycles. The average Bonchev–Trinajstić information content (AvgIpc) is 2.92. The SMILES string of the molecule is CC(C)Cn1c(=O)c2c(nc(Cl)n2Cc2ccccc2)n(CC(C)C)c1=O. The molecule has 0 spiro atoms. The van der Waals surface area contributed by atoms with Crippen LogP contribution in [-0.4, -0.2) is 18.7 Å². The lowest BCUT2D eigenvalue weighted by Gasteiger charge is -2.15. The molecule has 0 unspecified atom stereocenters. The lowest BCUT2D eigenvalue weighted by molar-refractivity contribution is 0.450. The number of hydrogen-bond acceptors (Lipinski definition) is 3. The molecule has 144 valence electrons. The predicted octanol–water partition coefficient (Wildman–Crippen LogP) is 3.37. The zero-order valence-electron chi connectivity index (χ0n) is 16.1. The fraction of sp³-hybridized carbons (Fsp3) is 0.450. The minimum atomic E-state index is -0.334. The first-order valence-electron chi connectivity index (χ1n) is 9.22. The van der Waals surface area contributed by atoms with Crippen LogP contribution in [0.1, 0.15) is 33.3 Å². The zero-order valence-corrected chi connectivity index (χ0v) is 16.9. The Kier molecular flexibility index (Phi) is 5.56. The predicted molar refractivity (Wildman–Crippen MR) is 108 cm³/mol. The van der Waals surface area contributed by atoms with Crippen molar-refractivity contribution in [3.8, 4) is 0 Å². The van der Waals surface area contributed by atoms with E-state index in [2.05, 4.69) is 4.98 Å². The van der Waals surface area contributed by atoms with E-state index in [9.17, 15) is 9.59 Å². The maximum atomic E-state index is 13.2.